The molecule has 1 aliphatic heterocycles. The Morgan fingerprint density at radius 2 is 2.35 bits per heavy atom. The molecule has 1 aliphatic rings. The molecule has 2 rings (SSSR count). The Bertz CT molecular complexity index is 345. The molecule has 1 saturated heterocycles. The monoisotopic (exact) mass is 236 g/mol. The second kappa shape index (κ2) is 5.65. The predicted molar refractivity (Wildman–Crippen MR) is 70.0 cm³/mol. The number of hydrogen-bond acceptors (Lipinski definition) is 3. The minimum Gasteiger partial charge on any atom is -0.310 e. The SMILES string of the molecule is CC(C)NC1CCN(CCc2ccn(C)n2)C1. The first kappa shape index (κ1) is 12.6. The van der Waals surface area contributed by atoms with Gasteiger partial charge in [-0.15, -0.1) is 0 Å². The topological polar surface area (TPSA) is 33.1 Å². The van der Waals surface area contributed by atoms with Crippen molar-refractivity contribution in [2.75, 3.05) is 19.6 Å². The molecule has 4 nitrogen and oxygen atoms in total. The van der Waals surface area contributed by atoms with Crippen molar-refractivity contribution >= 4 is 0 Å². The molecule has 0 spiro atoms. The van der Waals surface area contributed by atoms with Crippen molar-refractivity contribution in [3.63, 3.8) is 0 Å². The lowest BCUT2D eigenvalue weighted by molar-refractivity contribution is 0.327. The van der Waals surface area contributed by atoms with Crippen LogP contribution in [0.3, 0.4) is 0 Å². The van der Waals surface area contributed by atoms with E-state index >= 15 is 0 Å². The van der Waals surface area contributed by atoms with Gasteiger partial charge in [0.05, 0.1) is 5.69 Å². The summed E-state index contributed by atoms with van der Waals surface area (Å²) in [5.74, 6) is 0. The second-order valence-electron chi connectivity index (χ2n) is 5.34. The lowest BCUT2D eigenvalue weighted by Gasteiger charge is -2.17. The summed E-state index contributed by atoms with van der Waals surface area (Å²) in [5.41, 5.74) is 1.20. The van der Waals surface area contributed by atoms with Crippen LogP contribution in [0.4, 0.5) is 0 Å². The smallest absolute Gasteiger partial charge is 0.0637 e. The van der Waals surface area contributed by atoms with E-state index in [0.29, 0.717) is 12.1 Å². The third kappa shape index (κ3) is 3.82. The van der Waals surface area contributed by atoms with Crippen molar-refractivity contribution in [2.45, 2.75) is 38.8 Å². The highest BCUT2D eigenvalue weighted by Crippen LogP contribution is 2.10. The Kier molecular flexibility index (Phi) is 4.18. The highest BCUT2D eigenvalue weighted by molar-refractivity contribution is 4.99. The Morgan fingerprint density at radius 1 is 1.53 bits per heavy atom. The van der Waals surface area contributed by atoms with E-state index in [1.54, 1.807) is 0 Å². The summed E-state index contributed by atoms with van der Waals surface area (Å²) in [4.78, 5) is 2.54. The van der Waals surface area contributed by atoms with Crippen LogP contribution in [0.25, 0.3) is 0 Å². The van der Waals surface area contributed by atoms with Gasteiger partial charge in [0.25, 0.3) is 0 Å². The van der Waals surface area contributed by atoms with Crippen molar-refractivity contribution in [3.8, 4) is 0 Å². The lowest BCUT2D eigenvalue weighted by Crippen LogP contribution is -2.37. The molecule has 96 valence electrons. The minimum absolute atomic E-state index is 0.593. The van der Waals surface area contributed by atoms with Crippen LogP contribution in [0.1, 0.15) is 26.0 Å². The highest BCUT2D eigenvalue weighted by Gasteiger charge is 2.22. The van der Waals surface area contributed by atoms with E-state index in [0.717, 1.165) is 13.0 Å². The molecule has 0 aliphatic carbocycles. The van der Waals surface area contributed by atoms with Gasteiger partial charge < -0.3 is 10.2 Å². The third-order valence-corrected chi connectivity index (χ3v) is 3.29. The molecular weight excluding hydrogens is 212 g/mol. The molecule has 1 N–H and O–H groups in total. The largest absolute Gasteiger partial charge is 0.310 e. The third-order valence-electron chi connectivity index (χ3n) is 3.29. The second-order valence-corrected chi connectivity index (χ2v) is 5.34. The normalized spacial score (nSPS) is 21.5. The number of aromatic nitrogens is 2. The maximum absolute atomic E-state index is 4.41. The van der Waals surface area contributed by atoms with Gasteiger partial charge >= 0.3 is 0 Å². The number of nitrogens with one attached hydrogen (secondary N) is 1. The average molecular weight is 236 g/mol. The van der Waals surface area contributed by atoms with Crippen molar-refractivity contribution in [2.24, 2.45) is 7.05 Å². The van der Waals surface area contributed by atoms with Gasteiger partial charge in [-0.3, -0.25) is 4.68 Å². The van der Waals surface area contributed by atoms with Gasteiger partial charge in [0, 0.05) is 44.8 Å². The first-order valence-electron chi connectivity index (χ1n) is 6.60. The van der Waals surface area contributed by atoms with Crippen LogP contribution in [-0.4, -0.2) is 46.4 Å². The summed E-state index contributed by atoms with van der Waals surface area (Å²) >= 11 is 0. The zero-order chi connectivity index (χ0) is 12.3. The molecule has 1 atom stereocenters. The molecule has 2 heterocycles. The van der Waals surface area contributed by atoms with Gasteiger partial charge in [-0.1, -0.05) is 13.8 Å². The Hall–Kier alpha value is -0.870. The molecule has 1 aromatic heterocycles. The van der Waals surface area contributed by atoms with Crippen LogP contribution >= 0.6 is 0 Å². The molecular formula is C13H24N4. The first-order chi connectivity index (χ1) is 8.13. The summed E-state index contributed by atoms with van der Waals surface area (Å²) in [6.07, 6.45) is 4.36. The molecule has 1 aromatic rings. The fourth-order valence-corrected chi connectivity index (χ4v) is 2.51. The molecule has 0 aromatic carbocycles. The number of aryl methyl sites for hydroxylation is 1. The number of rotatable bonds is 5. The summed E-state index contributed by atoms with van der Waals surface area (Å²) < 4.78 is 1.88. The molecule has 4 heteroatoms. The molecule has 1 fully saturated rings. The quantitative estimate of drug-likeness (QED) is 0.829. The maximum atomic E-state index is 4.41. The first-order valence-corrected chi connectivity index (χ1v) is 6.60. The van der Waals surface area contributed by atoms with E-state index in [9.17, 15) is 0 Å². The highest BCUT2D eigenvalue weighted by atomic mass is 15.3. The van der Waals surface area contributed by atoms with Crippen molar-refractivity contribution < 1.29 is 0 Å². The van der Waals surface area contributed by atoms with Gasteiger partial charge in [0.1, 0.15) is 0 Å². The molecule has 0 bridgehead atoms. The zero-order valence-corrected chi connectivity index (χ0v) is 11.2. The summed E-state index contributed by atoms with van der Waals surface area (Å²) in [7, 11) is 1.97. The fraction of sp³-hybridized carbons (Fsp3) is 0.769. The fourth-order valence-electron chi connectivity index (χ4n) is 2.51. The van der Waals surface area contributed by atoms with Gasteiger partial charge in [0.15, 0.2) is 0 Å². The standard InChI is InChI=1S/C13H24N4/c1-11(2)14-13-6-9-17(10-13)8-5-12-4-7-16(3)15-12/h4,7,11,13-14H,5-6,8-10H2,1-3H3. The van der Waals surface area contributed by atoms with E-state index in [-0.39, 0.29) is 0 Å². The molecule has 0 saturated carbocycles. The van der Waals surface area contributed by atoms with Gasteiger partial charge in [-0.05, 0) is 19.0 Å². The van der Waals surface area contributed by atoms with Crippen LogP contribution in [-0.2, 0) is 13.5 Å². The van der Waals surface area contributed by atoms with E-state index in [2.05, 4.69) is 35.2 Å². The van der Waals surface area contributed by atoms with Crippen molar-refractivity contribution in [1.29, 1.82) is 0 Å². The number of likely N-dealkylation sites (tertiary alicyclic amines) is 1. The van der Waals surface area contributed by atoms with E-state index in [1.165, 1.54) is 25.2 Å². The van der Waals surface area contributed by atoms with Crippen molar-refractivity contribution in [3.05, 3.63) is 18.0 Å². The molecule has 17 heavy (non-hydrogen) atoms. The molecule has 0 radical (unpaired) electrons. The lowest BCUT2D eigenvalue weighted by atomic mass is 10.2. The Labute approximate surface area is 104 Å². The maximum Gasteiger partial charge on any atom is 0.0637 e. The van der Waals surface area contributed by atoms with Crippen LogP contribution in [0.5, 0.6) is 0 Å². The average Bonchev–Trinajstić information content (AvgIpc) is 2.84. The van der Waals surface area contributed by atoms with Crippen molar-refractivity contribution in [1.82, 2.24) is 20.0 Å². The number of hydrogen-bond donors (Lipinski definition) is 1. The van der Waals surface area contributed by atoms with Crippen LogP contribution in [0.15, 0.2) is 12.3 Å². The van der Waals surface area contributed by atoms with Gasteiger partial charge in [0.2, 0.25) is 0 Å². The summed E-state index contributed by atoms with van der Waals surface area (Å²) in [6, 6.07) is 3.38. The Morgan fingerprint density at radius 3 is 3.00 bits per heavy atom. The molecule has 1 unspecified atom stereocenters. The Balaban J connectivity index is 1.71. The zero-order valence-electron chi connectivity index (χ0n) is 11.2. The summed E-state index contributed by atoms with van der Waals surface area (Å²) in [6.45, 7) is 7.97. The molecule has 0 amide bonds. The summed E-state index contributed by atoms with van der Waals surface area (Å²) in [5, 5.41) is 8.03. The number of nitrogens with zero attached hydrogens (tertiary/aromatic N) is 3. The van der Waals surface area contributed by atoms with E-state index in [4.69, 9.17) is 0 Å². The van der Waals surface area contributed by atoms with Crippen LogP contribution in [0, 0.1) is 0 Å². The van der Waals surface area contributed by atoms with E-state index < -0.39 is 0 Å². The van der Waals surface area contributed by atoms with Gasteiger partial charge in [-0.2, -0.15) is 5.10 Å². The van der Waals surface area contributed by atoms with Crippen LogP contribution < -0.4 is 5.32 Å². The van der Waals surface area contributed by atoms with Gasteiger partial charge in [-0.25, -0.2) is 0 Å². The predicted octanol–water partition coefficient (Wildman–Crippen LogP) is 1.03. The van der Waals surface area contributed by atoms with E-state index in [1.807, 2.05) is 17.9 Å². The minimum atomic E-state index is 0.593. The van der Waals surface area contributed by atoms with Crippen LogP contribution in [0.2, 0.25) is 0 Å².